The Balaban J connectivity index is 2.44. The Labute approximate surface area is 76.4 Å². The summed E-state index contributed by atoms with van der Waals surface area (Å²) in [6.45, 7) is 1.82. The Hall–Kier alpha value is -1.36. The lowest BCUT2D eigenvalue weighted by Crippen LogP contribution is -2.32. The molecule has 0 saturated carbocycles. The van der Waals surface area contributed by atoms with Gasteiger partial charge >= 0.3 is 0 Å². The molecule has 1 aromatic heterocycles. The van der Waals surface area contributed by atoms with E-state index < -0.39 is 6.10 Å². The molecule has 0 unspecified atom stereocenters. The number of carbonyl (C=O) groups excluding carboxylic acids is 1. The molecule has 2 N–H and O–H groups in total. The monoisotopic (exact) mass is 183 g/mol. The van der Waals surface area contributed by atoms with Gasteiger partial charge in [0.2, 0.25) is 5.91 Å². The zero-order chi connectivity index (χ0) is 9.84. The van der Waals surface area contributed by atoms with Crippen LogP contribution in [0.4, 0.5) is 0 Å². The first-order valence-corrected chi connectivity index (χ1v) is 4.02. The summed E-state index contributed by atoms with van der Waals surface area (Å²) in [5.41, 5.74) is 0.897. The van der Waals surface area contributed by atoms with Crippen LogP contribution in [0, 0.1) is 0 Å². The summed E-state index contributed by atoms with van der Waals surface area (Å²) in [5.74, 6) is -0.374. The van der Waals surface area contributed by atoms with E-state index in [2.05, 4.69) is 10.3 Å². The number of carbonyl (C=O) groups is 1. The van der Waals surface area contributed by atoms with Gasteiger partial charge in [0.15, 0.2) is 0 Å². The van der Waals surface area contributed by atoms with Crippen LogP contribution in [0.3, 0.4) is 0 Å². The molecule has 5 nitrogen and oxygen atoms in total. The predicted octanol–water partition coefficient (Wildman–Crippen LogP) is -0.583. The number of nitrogens with one attached hydrogen (secondary N) is 1. The van der Waals surface area contributed by atoms with Gasteiger partial charge in [-0.3, -0.25) is 4.79 Å². The van der Waals surface area contributed by atoms with Crippen molar-refractivity contribution in [3.63, 3.8) is 0 Å². The van der Waals surface area contributed by atoms with Crippen molar-refractivity contribution in [1.82, 2.24) is 14.9 Å². The molecule has 0 fully saturated rings. The Morgan fingerprint density at radius 2 is 2.54 bits per heavy atom. The van der Waals surface area contributed by atoms with E-state index in [0.29, 0.717) is 6.54 Å². The van der Waals surface area contributed by atoms with Crippen LogP contribution >= 0.6 is 0 Å². The number of aliphatic hydroxyl groups excluding tert-OH is 1. The van der Waals surface area contributed by atoms with Gasteiger partial charge in [-0.1, -0.05) is 0 Å². The molecule has 0 bridgehead atoms. The highest BCUT2D eigenvalue weighted by molar-refractivity contribution is 5.79. The SMILES string of the molecule is C[C@@H](O)C(=O)NCc1cncn1C. The zero-order valence-corrected chi connectivity index (χ0v) is 7.69. The highest BCUT2D eigenvalue weighted by atomic mass is 16.3. The second-order valence-corrected chi connectivity index (χ2v) is 2.89. The average molecular weight is 183 g/mol. The minimum atomic E-state index is -0.965. The zero-order valence-electron chi connectivity index (χ0n) is 7.69. The highest BCUT2D eigenvalue weighted by Gasteiger charge is 2.08. The van der Waals surface area contributed by atoms with Crippen LogP contribution in [0.25, 0.3) is 0 Å². The van der Waals surface area contributed by atoms with Crippen molar-refractivity contribution >= 4 is 5.91 Å². The molecule has 1 atom stereocenters. The molecular formula is C8H13N3O2. The van der Waals surface area contributed by atoms with E-state index in [1.54, 1.807) is 12.5 Å². The van der Waals surface area contributed by atoms with Crippen LogP contribution in [0.1, 0.15) is 12.6 Å². The van der Waals surface area contributed by atoms with Crippen molar-refractivity contribution in [3.8, 4) is 0 Å². The minimum Gasteiger partial charge on any atom is -0.384 e. The minimum absolute atomic E-state index is 0.374. The molecule has 1 rings (SSSR count). The van der Waals surface area contributed by atoms with Crippen molar-refractivity contribution < 1.29 is 9.90 Å². The van der Waals surface area contributed by atoms with E-state index in [9.17, 15) is 4.79 Å². The number of aryl methyl sites for hydroxylation is 1. The normalized spacial score (nSPS) is 12.5. The van der Waals surface area contributed by atoms with Crippen molar-refractivity contribution in [3.05, 3.63) is 18.2 Å². The molecule has 0 saturated heterocycles. The van der Waals surface area contributed by atoms with Crippen molar-refractivity contribution in [2.75, 3.05) is 0 Å². The van der Waals surface area contributed by atoms with Crippen LogP contribution in [0.15, 0.2) is 12.5 Å². The van der Waals surface area contributed by atoms with Crippen LogP contribution in [-0.4, -0.2) is 26.7 Å². The van der Waals surface area contributed by atoms with Gasteiger partial charge in [0.05, 0.1) is 18.6 Å². The molecule has 1 amide bonds. The molecule has 0 aromatic carbocycles. The molecule has 0 radical (unpaired) electrons. The molecular weight excluding hydrogens is 170 g/mol. The molecule has 72 valence electrons. The van der Waals surface area contributed by atoms with Gasteiger partial charge in [-0.25, -0.2) is 4.98 Å². The van der Waals surface area contributed by atoms with Crippen LogP contribution in [-0.2, 0) is 18.4 Å². The Kier molecular flexibility index (Phi) is 3.02. The number of rotatable bonds is 3. The van der Waals surface area contributed by atoms with E-state index >= 15 is 0 Å². The molecule has 0 aliphatic carbocycles. The molecule has 0 spiro atoms. The van der Waals surface area contributed by atoms with E-state index in [1.165, 1.54) is 6.92 Å². The van der Waals surface area contributed by atoms with Crippen molar-refractivity contribution in [1.29, 1.82) is 0 Å². The second kappa shape index (κ2) is 4.04. The molecule has 0 aliphatic rings. The number of amides is 1. The number of hydrogen-bond acceptors (Lipinski definition) is 3. The summed E-state index contributed by atoms with van der Waals surface area (Å²) in [5, 5.41) is 11.5. The maximum absolute atomic E-state index is 11.0. The smallest absolute Gasteiger partial charge is 0.248 e. The number of aromatic nitrogens is 2. The second-order valence-electron chi connectivity index (χ2n) is 2.89. The standard InChI is InChI=1S/C8H13N3O2/c1-6(12)8(13)10-4-7-3-9-5-11(7)2/h3,5-6,12H,4H2,1-2H3,(H,10,13)/t6-/m1/s1. The summed E-state index contributed by atoms with van der Waals surface area (Å²) in [7, 11) is 1.84. The Bertz CT molecular complexity index is 293. The molecule has 13 heavy (non-hydrogen) atoms. The van der Waals surface area contributed by atoms with Crippen molar-refractivity contribution in [2.24, 2.45) is 7.05 Å². The van der Waals surface area contributed by atoms with E-state index in [1.807, 2.05) is 11.6 Å². The lowest BCUT2D eigenvalue weighted by molar-refractivity contribution is -0.128. The largest absolute Gasteiger partial charge is 0.384 e. The summed E-state index contributed by atoms with van der Waals surface area (Å²) in [6, 6.07) is 0. The van der Waals surface area contributed by atoms with Gasteiger partial charge in [-0.05, 0) is 6.92 Å². The topological polar surface area (TPSA) is 67.2 Å². The summed E-state index contributed by atoms with van der Waals surface area (Å²) in [4.78, 5) is 14.9. The number of imidazole rings is 1. The lowest BCUT2D eigenvalue weighted by Gasteiger charge is -2.06. The maximum atomic E-state index is 11.0. The fraction of sp³-hybridized carbons (Fsp3) is 0.500. The van der Waals surface area contributed by atoms with E-state index in [0.717, 1.165) is 5.69 Å². The van der Waals surface area contributed by atoms with Gasteiger partial charge < -0.3 is 15.0 Å². The fourth-order valence-corrected chi connectivity index (χ4v) is 0.880. The van der Waals surface area contributed by atoms with Crippen LogP contribution in [0.2, 0.25) is 0 Å². The number of hydrogen-bond donors (Lipinski definition) is 2. The van der Waals surface area contributed by atoms with Gasteiger partial charge in [0.25, 0.3) is 0 Å². The Morgan fingerprint density at radius 1 is 1.85 bits per heavy atom. The highest BCUT2D eigenvalue weighted by Crippen LogP contribution is 1.95. The van der Waals surface area contributed by atoms with Crippen LogP contribution in [0.5, 0.6) is 0 Å². The third kappa shape index (κ3) is 2.55. The van der Waals surface area contributed by atoms with E-state index in [-0.39, 0.29) is 5.91 Å². The fourth-order valence-electron chi connectivity index (χ4n) is 0.880. The Morgan fingerprint density at radius 3 is 3.00 bits per heavy atom. The van der Waals surface area contributed by atoms with Crippen molar-refractivity contribution in [2.45, 2.75) is 19.6 Å². The van der Waals surface area contributed by atoms with Gasteiger partial charge in [0.1, 0.15) is 6.10 Å². The third-order valence-electron chi connectivity index (χ3n) is 1.74. The first kappa shape index (κ1) is 9.73. The molecule has 5 heteroatoms. The molecule has 1 aromatic rings. The number of nitrogens with zero attached hydrogens (tertiary/aromatic N) is 2. The maximum Gasteiger partial charge on any atom is 0.248 e. The quantitative estimate of drug-likeness (QED) is 0.658. The summed E-state index contributed by atoms with van der Waals surface area (Å²) >= 11 is 0. The molecule has 0 aliphatic heterocycles. The lowest BCUT2D eigenvalue weighted by atomic mass is 10.3. The summed E-state index contributed by atoms with van der Waals surface area (Å²) in [6.07, 6.45) is 2.36. The average Bonchev–Trinajstić information content (AvgIpc) is 2.47. The van der Waals surface area contributed by atoms with Gasteiger partial charge in [-0.15, -0.1) is 0 Å². The van der Waals surface area contributed by atoms with Gasteiger partial charge in [0, 0.05) is 13.2 Å². The number of aliphatic hydroxyl groups is 1. The summed E-state index contributed by atoms with van der Waals surface area (Å²) < 4.78 is 1.81. The predicted molar refractivity (Wildman–Crippen MR) is 46.7 cm³/mol. The first-order valence-electron chi connectivity index (χ1n) is 4.02. The third-order valence-corrected chi connectivity index (χ3v) is 1.74. The van der Waals surface area contributed by atoms with Gasteiger partial charge in [-0.2, -0.15) is 0 Å². The molecule has 1 heterocycles. The first-order chi connectivity index (χ1) is 6.11. The van der Waals surface area contributed by atoms with E-state index in [4.69, 9.17) is 5.11 Å². The van der Waals surface area contributed by atoms with Crippen LogP contribution < -0.4 is 5.32 Å².